The van der Waals surface area contributed by atoms with E-state index in [0.717, 1.165) is 19.3 Å². The summed E-state index contributed by atoms with van der Waals surface area (Å²) in [6.07, 6.45) is 1.04. The third kappa shape index (κ3) is 3.73. The van der Waals surface area contributed by atoms with Gasteiger partial charge in [-0.15, -0.1) is 0 Å². The van der Waals surface area contributed by atoms with Crippen LogP contribution in [0.25, 0.3) is 0 Å². The molecule has 0 aromatic carbocycles. The fraction of sp³-hybridized carbons (Fsp3) is 0.909. The molecule has 0 aromatic heterocycles. The molecule has 1 saturated heterocycles. The maximum atomic E-state index is 11.4. The van der Waals surface area contributed by atoms with Gasteiger partial charge in [-0.05, 0) is 6.42 Å². The molecular weight excluding hydrogens is 212 g/mol. The van der Waals surface area contributed by atoms with E-state index in [1.165, 1.54) is 0 Å². The molecule has 0 unspecified atom stereocenters. The van der Waals surface area contributed by atoms with Crippen molar-refractivity contribution in [3.8, 4) is 0 Å². The first-order valence-electron chi connectivity index (χ1n) is 5.79. The highest BCUT2D eigenvalue weighted by Crippen LogP contribution is 2.18. The Kier molecular flexibility index (Phi) is 5.73. The number of ether oxygens (including phenoxy) is 2. The van der Waals surface area contributed by atoms with Gasteiger partial charge in [-0.1, -0.05) is 19.8 Å². The summed E-state index contributed by atoms with van der Waals surface area (Å²) in [5.41, 5.74) is 0. The lowest BCUT2D eigenvalue weighted by Gasteiger charge is -2.19. The van der Waals surface area contributed by atoms with Crippen molar-refractivity contribution >= 4 is 5.97 Å². The van der Waals surface area contributed by atoms with Crippen LogP contribution in [0.3, 0.4) is 0 Å². The third-order valence-electron chi connectivity index (χ3n) is 2.66. The molecule has 2 N–H and O–H groups in total. The fourth-order valence-electron chi connectivity index (χ4n) is 1.70. The van der Waals surface area contributed by atoms with Gasteiger partial charge in [0, 0.05) is 6.42 Å². The van der Waals surface area contributed by atoms with Crippen molar-refractivity contribution in [3.05, 3.63) is 0 Å². The zero-order valence-corrected chi connectivity index (χ0v) is 9.59. The second kappa shape index (κ2) is 6.83. The predicted molar refractivity (Wildman–Crippen MR) is 56.9 cm³/mol. The topological polar surface area (TPSA) is 76.0 Å². The minimum atomic E-state index is -0.827. The molecule has 1 fully saturated rings. The Hall–Kier alpha value is -0.650. The van der Waals surface area contributed by atoms with Gasteiger partial charge in [0.2, 0.25) is 0 Å². The lowest BCUT2D eigenvalue weighted by Crippen LogP contribution is -2.37. The van der Waals surface area contributed by atoms with Crippen LogP contribution in [0.2, 0.25) is 0 Å². The molecule has 0 radical (unpaired) electrons. The van der Waals surface area contributed by atoms with Crippen LogP contribution in [0.1, 0.15) is 32.6 Å². The molecule has 94 valence electrons. The SMILES string of the molecule is CCCCCC(=O)O[C@@H]1[C@H](O)CO[C@@H]1CO. The minimum Gasteiger partial charge on any atom is -0.457 e. The van der Waals surface area contributed by atoms with Crippen LogP contribution in [0.4, 0.5) is 0 Å². The average Bonchev–Trinajstić information content (AvgIpc) is 2.61. The number of hydrogen-bond acceptors (Lipinski definition) is 5. The Bertz CT molecular complexity index is 218. The van der Waals surface area contributed by atoms with Crippen molar-refractivity contribution in [3.63, 3.8) is 0 Å². The van der Waals surface area contributed by atoms with Crippen LogP contribution in [0.5, 0.6) is 0 Å². The van der Waals surface area contributed by atoms with Gasteiger partial charge in [0.15, 0.2) is 6.10 Å². The Labute approximate surface area is 95.4 Å². The molecule has 16 heavy (non-hydrogen) atoms. The highest BCUT2D eigenvalue weighted by atomic mass is 16.6. The highest BCUT2D eigenvalue weighted by Gasteiger charge is 2.38. The van der Waals surface area contributed by atoms with Gasteiger partial charge in [0.1, 0.15) is 12.2 Å². The van der Waals surface area contributed by atoms with E-state index in [1.807, 2.05) is 0 Å². The third-order valence-corrected chi connectivity index (χ3v) is 2.66. The van der Waals surface area contributed by atoms with E-state index in [1.54, 1.807) is 0 Å². The van der Waals surface area contributed by atoms with Crippen molar-refractivity contribution in [2.75, 3.05) is 13.2 Å². The maximum Gasteiger partial charge on any atom is 0.306 e. The number of rotatable bonds is 6. The zero-order chi connectivity index (χ0) is 12.0. The second-order valence-corrected chi connectivity index (χ2v) is 4.03. The maximum absolute atomic E-state index is 11.4. The molecule has 0 aliphatic carbocycles. The summed E-state index contributed by atoms with van der Waals surface area (Å²) in [4.78, 5) is 11.4. The molecule has 1 aliphatic heterocycles. The molecule has 1 rings (SSSR count). The smallest absolute Gasteiger partial charge is 0.306 e. The first-order valence-corrected chi connectivity index (χ1v) is 5.79. The highest BCUT2D eigenvalue weighted by molar-refractivity contribution is 5.69. The summed E-state index contributed by atoms with van der Waals surface area (Å²) in [6, 6.07) is 0. The summed E-state index contributed by atoms with van der Waals surface area (Å²) < 4.78 is 10.2. The first kappa shape index (κ1) is 13.4. The number of carbonyl (C=O) groups excluding carboxylic acids is 1. The van der Waals surface area contributed by atoms with Crippen LogP contribution in [0, 0.1) is 0 Å². The van der Waals surface area contributed by atoms with Gasteiger partial charge < -0.3 is 19.7 Å². The molecule has 0 spiro atoms. The number of unbranched alkanes of at least 4 members (excludes halogenated alkanes) is 2. The van der Waals surface area contributed by atoms with Crippen LogP contribution in [-0.2, 0) is 14.3 Å². The van der Waals surface area contributed by atoms with Crippen molar-refractivity contribution in [1.29, 1.82) is 0 Å². The number of hydrogen-bond donors (Lipinski definition) is 2. The molecule has 1 heterocycles. The predicted octanol–water partition coefficient (Wildman–Crippen LogP) is 0.230. The monoisotopic (exact) mass is 232 g/mol. The van der Waals surface area contributed by atoms with Crippen LogP contribution in [0.15, 0.2) is 0 Å². The van der Waals surface area contributed by atoms with E-state index < -0.39 is 18.3 Å². The van der Waals surface area contributed by atoms with Gasteiger partial charge in [-0.3, -0.25) is 4.79 Å². The molecule has 0 saturated carbocycles. The summed E-state index contributed by atoms with van der Waals surface area (Å²) in [5, 5.41) is 18.5. The lowest BCUT2D eigenvalue weighted by atomic mass is 10.1. The van der Waals surface area contributed by atoms with Gasteiger partial charge in [-0.25, -0.2) is 0 Å². The van der Waals surface area contributed by atoms with Crippen LogP contribution in [-0.4, -0.2) is 47.7 Å². The molecule has 0 amide bonds. The molecule has 0 bridgehead atoms. The van der Waals surface area contributed by atoms with E-state index in [0.29, 0.717) is 6.42 Å². The summed E-state index contributed by atoms with van der Waals surface area (Å²) in [7, 11) is 0. The Morgan fingerprint density at radius 1 is 1.50 bits per heavy atom. The van der Waals surface area contributed by atoms with Crippen molar-refractivity contribution in [1.82, 2.24) is 0 Å². The largest absolute Gasteiger partial charge is 0.457 e. The Balaban J connectivity index is 2.31. The number of esters is 1. The molecule has 5 nitrogen and oxygen atoms in total. The minimum absolute atomic E-state index is 0.109. The van der Waals surface area contributed by atoms with Gasteiger partial charge in [0.25, 0.3) is 0 Å². The van der Waals surface area contributed by atoms with Gasteiger partial charge in [-0.2, -0.15) is 0 Å². The normalized spacial score (nSPS) is 29.3. The molecule has 5 heteroatoms. The first-order chi connectivity index (χ1) is 7.69. The summed E-state index contributed by atoms with van der Waals surface area (Å²) >= 11 is 0. The van der Waals surface area contributed by atoms with E-state index in [-0.39, 0.29) is 19.2 Å². The molecule has 3 atom stereocenters. The molecule has 0 aromatic rings. The van der Waals surface area contributed by atoms with E-state index >= 15 is 0 Å². The zero-order valence-electron chi connectivity index (χ0n) is 9.59. The van der Waals surface area contributed by atoms with E-state index in [4.69, 9.17) is 14.6 Å². The average molecular weight is 232 g/mol. The lowest BCUT2D eigenvalue weighted by molar-refractivity contribution is -0.156. The summed E-state index contributed by atoms with van der Waals surface area (Å²) in [5.74, 6) is -0.332. The van der Waals surface area contributed by atoms with E-state index in [2.05, 4.69) is 6.92 Å². The standard InChI is InChI=1S/C11H20O5/c1-2-3-4-5-10(14)16-11-8(13)7-15-9(11)6-12/h8-9,11-13H,2-7H2,1H3/t8-,9-,11-/m1/s1. The molecule has 1 aliphatic rings. The summed E-state index contributed by atoms with van der Waals surface area (Å²) in [6.45, 7) is 1.92. The Morgan fingerprint density at radius 3 is 2.88 bits per heavy atom. The fourth-order valence-corrected chi connectivity index (χ4v) is 1.70. The van der Waals surface area contributed by atoms with Crippen molar-refractivity contribution in [2.45, 2.75) is 50.9 Å². The Morgan fingerprint density at radius 2 is 2.25 bits per heavy atom. The van der Waals surface area contributed by atoms with Crippen LogP contribution >= 0.6 is 0 Å². The van der Waals surface area contributed by atoms with Crippen molar-refractivity contribution < 1.29 is 24.5 Å². The quantitative estimate of drug-likeness (QED) is 0.506. The van der Waals surface area contributed by atoms with E-state index in [9.17, 15) is 9.90 Å². The van der Waals surface area contributed by atoms with Gasteiger partial charge in [0.05, 0.1) is 13.2 Å². The van der Waals surface area contributed by atoms with Crippen molar-refractivity contribution in [2.24, 2.45) is 0 Å². The number of carbonyl (C=O) groups is 1. The number of aliphatic hydroxyl groups is 2. The van der Waals surface area contributed by atoms with Crippen LogP contribution < -0.4 is 0 Å². The van der Waals surface area contributed by atoms with Gasteiger partial charge >= 0.3 is 5.97 Å². The second-order valence-electron chi connectivity index (χ2n) is 4.03. The molecular formula is C11H20O5. The number of aliphatic hydroxyl groups excluding tert-OH is 2.